The Morgan fingerprint density at radius 2 is 1.90 bits per heavy atom. The third kappa shape index (κ3) is 4.94. The van der Waals surface area contributed by atoms with Gasteiger partial charge < -0.3 is 15.2 Å². The summed E-state index contributed by atoms with van der Waals surface area (Å²) in [4.78, 5) is 22.4. The van der Waals surface area contributed by atoms with Crippen molar-refractivity contribution >= 4 is 27.8 Å². The van der Waals surface area contributed by atoms with Crippen LogP contribution in [-0.4, -0.2) is 36.7 Å². The molecule has 6 heteroatoms. The molecule has 5 nitrogen and oxygen atoms in total. The molecule has 110 valence electrons. The van der Waals surface area contributed by atoms with Crippen LogP contribution in [0.5, 0.6) is 0 Å². The highest BCUT2D eigenvalue weighted by Crippen LogP contribution is 2.24. The Bertz CT molecular complexity index is 471. The van der Waals surface area contributed by atoms with Crippen LogP contribution >= 0.6 is 15.9 Å². The van der Waals surface area contributed by atoms with Crippen molar-refractivity contribution in [1.29, 1.82) is 0 Å². The number of aliphatic carboxylic acids is 1. The monoisotopic (exact) mass is 343 g/mol. The Hall–Kier alpha value is -1.40. The summed E-state index contributed by atoms with van der Waals surface area (Å²) in [5.41, 5.74) is 0.248. The fourth-order valence-electron chi connectivity index (χ4n) is 1.61. The fraction of sp³-hybridized carbons (Fsp3) is 0.429. The van der Waals surface area contributed by atoms with Crippen LogP contribution in [0.1, 0.15) is 19.4 Å². The lowest BCUT2D eigenvalue weighted by Crippen LogP contribution is -2.41. The fourth-order valence-corrected chi connectivity index (χ4v) is 1.88. The maximum Gasteiger partial charge on any atom is 0.329 e. The largest absolute Gasteiger partial charge is 0.480 e. The maximum absolute atomic E-state index is 12.2. The molecule has 0 bridgehead atoms. The minimum Gasteiger partial charge on any atom is -0.480 e. The third-order valence-electron chi connectivity index (χ3n) is 2.89. The zero-order valence-corrected chi connectivity index (χ0v) is 13.1. The Balaban J connectivity index is 2.48. The molecule has 0 spiro atoms. The van der Waals surface area contributed by atoms with E-state index in [-0.39, 0.29) is 25.7 Å². The number of halogens is 1. The molecule has 0 heterocycles. The van der Waals surface area contributed by atoms with Crippen molar-refractivity contribution in [2.45, 2.75) is 19.3 Å². The smallest absolute Gasteiger partial charge is 0.329 e. The summed E-state index contributed by atoms with van der Waals surface area (Å²) in [6, 6.07) is 7.57. The summed E-state index contributed by atoms with van der Waals surface area (Å²) in [5, 5.41) is 11.1. The van der Waals surface area contributed by atoms with Crippen LogP contribution in [0.25, 0.3) is 0 Å². The summed E-state index contributed by atoms with van der Waals surface area (Å²) < 4.78 is 5.82. The average Bonchev–Trinajstić information content (AvgIpc) is 2.38. The standard InChI is InChI=1S/C14H18BrNO4/c1-14(2,10-3-5-11(15)6-4-10)13(19)16-7-8-20-9-12(17)18/h3-6H,7-9H2,1-2H3,(H,16,19)(H,17,18). The number of carboxylic acids is 1. The van der Waals surface area contributed by atoms with E-state index in [9.17, 15) is 9.59 Å². The highest BCUT2D eigenvalue weighted by atomic mass is 79.9. The average molecular weight is 344 g/mol. The predicted octanol–water partition coefficient (Wildman–Crippen LogP) is 1.94. The van der Waals surface area contributed by atoms with Crippen molar-refractivity contribution in [3.8, 4) is 0 Å². The van der Waals surface area contributed by atoms with Gasteiger partial charge in [-0.3, -0.25) is 4.79 Å². The van der Waals surface area contributed by atoms with E-state index in [0.717, 1.165) is 10.0 Å². The highest BCUT2D eigenvalue weighted by Gasteiger charge is 2.29. The van der Waals surface area contributed by atoms with E-state index in [4.69, 9.17) is 9.84 Å². The first-order valence-corrected chi connectivity index (χ1v) is 6.97. The van der Waals surface area contributed by atoms with Crippen molar-refractivity contribution in [3.63, 3.8) is 0 Å². The van der Waals surface area contributed by atoms with Gasteiger partial charge >= 0.3 is 5.97 Å². The number of amides is 1. The van der Waals surface area contributed by atoms with Crippen LogP contribution in [0.2, 0.25) is 0 Å². The molecule has 0 radical (unpaired) electrons. The number of carbonyl (C=O) groups excluding carboxylic acids is 1. The summed E-state index contributed by atoms with van der Waals surface area (Å²) in [6.07, 6.45) is 0. The molecule has 20 heavy (non-hydrogen) atoms. The van der Waals surface area contributed by atoms with Crippen molar-refractivity contribution in [3.05, 3.63) is 34.3 Å². The quantitative estimate of drug-likeness (QED) is 0.742. The second kappa shape index (κ2) is 7.40. The number of ether oxygens (including phenoxy) is 1. The van der Waals surface area contributed by atoms with E-state index in [2.05, 4.69) is 21.2 Å². The number of nitrogens with one attached hydrogen (secondary N) is 1. The topological polar surface area (TPSA) is 75.6 Å². The molecule has 0 aliphatic rings. The zero-order valence-electron chi connectivity index (χ0n) is 11.5. The predicted molar refractivity (Wildman–Crippen MR) is 78.6 cm³/mol. The van der Waals surface area contributed by atoms with Crippen molar-refractivity contribution in [2.75, 3.05) is 19.8 Å². The van der Waals surface area contributed by atoms with Gasteiger partial charge in [-0.2, -0.15) is 0 Å². The Kier molecular flexibility index (Phi) is 6.16. The minimum atomic E-state index is -1.02. The molecule has 2 N–H and O–H groups in total. The van der Waals surface area contributed by atoms with Crippen molar-refractivity contribution in [2.24, 2.45) is 0 Å². The van der Waals surface area contributed by atoms with Gasteiger partial charge in [-0.25, -0.2) is 4.79 Å². The number of benzene rings is 1. The van der Waals surface area contributed by atoms with Crippen molar-refractivity contribution in [1.82, 2.24) is 5.32 Å². The Morgan fingerprint density at radius 1 is 1.30 bits per heavy atom. The number of hydrogen-bond acceptors (Lipinski definition) is 3. The summed E-state index contributed by atoms with van der Waals surface area (Å²) >= 11 is 3.36. The number of carboxylic acid groups (broad SMARTS) is 1. The van der Waals surface area contributed by atoms with E-state index in [1.54, 1.807) is 0 Å². The Morgan fingerprint density at radius 3 is 2.45 bits per heavy atom. The van der Waals surface area contributed by atoms with Gasteiger partial charge in [0, 0.05) is 11.0 Å². The molecule has 0 saturated heterocycles. The summed E-state index contributed by atoms with van der Waals surface area (Å²) in [6.45, 7) is 3.78. The molecule has 1 aromatic carbocycles. The molecule has 0 fully saturated rings. The first kappa shape index (κ1) is 16.7. The molecular formula is C14H18BrNO4. The number of hydrogen-bond donors (Lipinski definition) is 2. The maximum atomic E-state index is 12.2. The van der Waals surface area contributed by atoms with Gasteiger partial charge in [-0.05, 0) is 31.5 Å². The molecule has 0 unspecified atom stereocenters. The van der Waals surface area contributed by atoms with Crippen LogP contribution in [0.4, 0.5) is 0 Å². The van der Waals surface area contributed by atoms with Gasteiger partial charge in [-0.1, -0.05) is 28.1 Å². The van der Waals surface area contributed by atoms with Crippen LogP contribution in [0.15, 0.2) is 28.7 Å². The second-order valence-electron chi connectivity index (χ2n) is 4.83. The molecule has 0 aromatic heterocycles. The summed E-state index contributed by atoms with van der Waals surface area (Å²) in [5.74, 6) is -1.15. The van der Waals surface area contributed by atoms with Crippen molar-refractivity contribution < 1.29 is 19.4 Å². The van der Waals surface area contributed by atoms with Gasteiger partial charge in [0.05, 0.1) is 12.0 Å². The first-order chi connectivity index (χ1) is 9.34. The molecular weight excluding hydrogens is 326 g/mol. The lowest BCUT2D eigenvalue weighted by atomic mass is 9.84. The van der Waals surface area contributed by atoms with Gasteiger partial charge in [0.25, 0.3) is 0 Å². The van der Waals surface area contributed by atoms with Gasteiger partial charge in [0.2, 0.25) is 5.91 Å². The van der Waals surface area contributed by atoms with E-state index < -0.39 is 11.4 Å². The lowest BCUT2D eigenvalue weighted by molar-refractivity contribution is -0.142. The molecule has 1 rings (SSSR count). The lowest BCUT2D eigenvalue weighted by Gasteiger charge is -2.24. The van der Waals surface area contributed by atoms with Gasteiger partial charge in [0.1, 0.15) is 6.61 Å². The van der Waals surface area contributed by atoms with E-state index in [0.29, 0.717) is 0 Å². The first-order valence-electron chi connectivity index (χ1n) is 6.18. The third-order valence-corrected chi connectivity index (χ3v) is 3.42. The van der Waals surface area contributed by atoms with Crippen LogP contribution in [-0.2, 0) is 19.7 Å². The van der Waals surface area contributed by atoms with Gasteiger partial charge in [-0.15, -0.1) is 0 Å². The van der Waals surface area contributed by atoms with E-state index >= 15 is 0 Å². The normalized spacial score (nSPS) is 11.2. The summed E-state index contributed by atoms with van der Waals surface area (Å²) in [7, 11) is 0. The molecule has 1 aromatic rings. The molecule has 1 amide bonds. The minimum absolute atomic E-state index is 0.126. The second-order valence-corrected chi connectivity index (χ2v) is 5.75. The zero-order chi connectivity index (χ0) is 15.2. The SMILES string of the molecule is CC(C)(C(=O)NCCOCC(=O)O)c1ccc(Br)cc1. The number of rotatable bonds is 7. The molecule has 0 aliphatic carbocycles. The molecule has 0 atom stereocenters. The van der Waals surface area contributed by atoms with Crippen LogP contribution in [0, 0.1) is 0 Å². The van der Waals surface area contributed by atoms with E-state index in [1.165, 1.54) is 0 Å². The van der Waals surface area contributed by atoms with Crippen LogP contribution in [0.3, 0.4) is 0 Å². The van der Waals surface area contributed by atoms with Gasteiger partial charge in [0.15, 0.2) is 0 Å². The number of carbonyl (C=O) groups is 2. The molecule has 0 saturated carbocycles. The highest BCUT2D eigenvalue weighted by molar-refractivity contribution is 9.10. The Labute approximate surface area is 126 Å². The molecule has 0 aliphatic heterocycles. The van der Waals surface area contributed by atoms with E-state index in [1.807, 2.05) is 38.1 Å². The van der Waals surface area contributed by atoms with Crippen LogP contribution < -0.4 is 5.32 Å².